The Hall–Kier alpha value is -2.76. The number of rotatable bonds is 5. The molecular weight excluding hydrogens is 354 g/mol. The highest BCUT2D eigenvalue weighted by Crippen LogP contribution is 2.41. The Labute approximate surface area is 154 Å². The van der Waals surface area contributed by atoms with E-state index < -0.39 is 5.63 Å². The van der Waals surface area contributed by atoms with E-state index in [1.807, 2.05) is 36.4 Å². The largest absolute Gasteiger partial charge is 0.439 e. The summed E-state index contributed by atoms with van der Waals surface area (Å²) >= 11 is 6.39. The molecule has 0 aliphatic rings. The van der Waals surface area contributed by atoms with Crippen LogP contribution in [0.15, 0.2) is 62.2 Å². The number of methoxy groups -OCH3 is 1. The van der Waals surface area contributed by atoms with Gasteiger partial charge in [0.1, 0.15) is 11.0 Å². The van der Waals surface area contributed by atoms with Crippen LogP contribution in [0.1, 0.15) is 0 Å². The Balaban J connectivity index is 2.06. The zero-order chi connectivity index (χ0) is 18.1. The molecule has 0 unspecified atom stereocenters. The number of benzene rings is 2. The second kappa shape index (κ2) is 6.86. The molecule has 1 N–H and O–H groups in total. The van der Waals surface area contributed by atoms with E-state index in [1.54, 1.807) is 19.2 Å². The number of anilines is 1. The van der Waals surface area contributed by atoms with E-state index in [9.17, 15) is 4.79 Å². The summed E-state index contributed by atoms with van der Waals surface area (Å²) in [7, 11) is 1.62. The first-order valence-corrected chi connectivity index (χ1v) is 8.54. The molecular formula is C20H16ClNO4. The van der Waals surface area contributed by atoms with Crippen molar-refractivity contribution in [2.45, 2.75) is 0 Å². The lowest BCUT2D eigenvalue weighted by atomic mass is 10.0. The Morgan fingerprint density at radius 3 is 2.65 bits per heavy atom. The van der Waals surface area contributed by atoms with Crippen molar-refractivity contribution in [1.82, 2.24) is 0 Å². The number of hydrogen-bond acceptors (Lipinski definition) is 5. The smallest absolute Gasteiger partial charge is 0.348 e. The molecule has 0 aliphatic carbocycles. The first-order valence-electron chi connectivity index (χ1n) is 8.16. The van der Waals surface area contributed by atoms with Gasteiger partial charge in [0.2, 0.25) is 5.88 Å². The maximum atomic E-state index is 12.7. The zero-order valence-electron chi connectivity index (χ0n) is 14.0. The SMILES string of the molecule is COCCNc1oc2c(c1-c1ccccc1Cl)c(=O)oc1ccccc12. The molecule has 2 aromatic heterocycles. The summed E-state index contributed by atoms with van der Waals surface area (Å²) in [6, 6.07) is 14.6. The van der Waals surface area contributed by atoms with Crippen LogP contribution in [0.25, 0.3) is 33.1 Å². The quantitative estimate of drug-likeness (QED) is 0.399. The summed E-state index contributed by atoms with van der Waals surface area (Å²) in [6.45, 7) is 1.02. The third-order valence-electron chi connectivity index (χ3n) is 4.18. The standard InChI is InChI=1S/C20H16ClNO4/c1-24-11-10-22-19-16(12-6-2-4-8-14(12)21)17-18(26-19)13-7-3-5-9-15(13)25-20(17)23/h2-9,22H,10-11H2,1H3. The highest BCUT2D eigenvalue weighted by Gasteiger charge is 2.23. The fourth-order valence-corrected chi connectivity index (χ4v) is 3.25. The molecule has 26 heavy (non-hydrogen) atoms. The average molecular weight is 370 g/mol. The maximum Gasteiger partial charge on any atom is 0.348 e. The fourth-order valence-electron chi connectivity index (χ4n) is 3.02. The molecule has 4 aromatic rings. The number of hydrogen-bond donors (Lipinski definition) is 1. The minimum Gasteiger partial charge on any atom is -0.439 e. The molecule has 0 saturated heterocycles. The second-order valence-electron chi connectivity index (χ2n) is 5.80. The number of furan rings is 1. The molecule has 0 spiro atoms. The molecule has 0 saturated carbocycles. The van der Waals surface area contributed by atoms with Crippen molar-refractivity contribution in [2.75, 3.05) is 25.6 Å². The molecule has 0 aliphatic heterocycles. The van der Waals surface area contributed by atoms with Crippen LogP contribution in [-0.4, -0.2) is 20.3 Å². The van der Waals surface area contributed by atoms with E-state index in [1.165, 1.54) is 0 Å². The van der Waals surface area contributed by atoms with Crippen molar-refractivity contribution < 1.29 is 13.6 Å². The van der Waals surface area contributed by atoms with Gasteiger partial charge < -0.3 is 18.9 Å². The molecule has 2 heterocycles. The molecule has 0 radical (unpaired) electrons. The van der Waals surface area contributed by atoms with Gasteiger partial charge in [-0.25, -0.2) is 4.79 Å². The van der Waals surface area contributed by atoms with E-state index in [0.717, 1.165) is 5.39 Å². The molecule has 0 atom stereocenters. The van der Waals surface area contributed by atoms with Gasteiger partial charge in [0.05, 0.1) is 17.6 Å². The van der Waals surface area contributed by atoms with E-state index in [0.29, 0.717) is 51.7 Å². The molecule has 2 aromatic carbocycles. The molecule has 0 amide bonds. The first-order chi connectivity index (χ1) is 12.7. The number of ether oxygens (including phenoxy) is 1. The van der Waals surface area contributed by atoms with Crippen LogP contribution in [0.4, 0.5) is 5.88 Å². The number of fused-ring (bicyclic) bond motifs is 3. The van der Waals surface area contributed by atoms with Gasteiger partial charge in [0, 0.05) is 24.2 Å². The number of halogens is 1. The Bertz CT molecular complexity index is 1150. The third kappa shape index (κ3) is 2.75. The normalized spacial score (nSPS) is 11.3. The number of nitrogens with one attached hydrogen (secondary N) is 1. The molecule has 0 bridgehead atoms. The zero-order valence-corrected chi connectivity index (χ0v) is 14.8. The lowest BCUT2D eigenvalue weighted by Crippen LogP contribution is -2.08. The predicted octanol–water partition coefficient (Wildman–Crippen LogP) is 4.92. The topological polar surface area (TPSA) is 64.6 Å². The van der Waals surface area contributed by atoms with Crippen molar-refractivity contribution >= 4 is 39.4 Å². The van der Waals surface area contributed by atoms with Gasteiger partial charge in [-0.15, -0.1) is 0 Å². The van der Waals surface area contributed by atoms with Gasteiger partial charge in [-0.2, -0.15) is 0 Å². The van der Waals surface area contributed by atoms with Crippen molar-refractivity contribution in [3.8, 4) is 11.1 Å². The lowest BCUT2D eigenvalue weighted by Gasteiger charge is -2.07. The van der Waals surface area contributed by atoms with E-state index in [-0.39, 0.29) is 0 Å². The Morgan fingerprint density at radius 2 is 1.85 bits per heavy atom. The Kier molecular flexibility index (Phi) is 4.41. The molecule has 132 valence electrons. The van der Waals surface area contributed by atoms with Crippen molar-refractivity contribution in [3.63, 3.8) is 0 Å². The molecule has 6 heteroatoms. The van der Waals surface area contributed by atoms with Crippen LogP contribution in [0, 0.1) is 0 Å². The number of para-hydroxylation sites is 1. The van der Waals surface area contributed by atoms with Crippen LogP contribution < -0.4 is 10.9 Å². The van der Waals surface area contributed by atoms with Crippen LogP contribution in [-0.2, 0) is 4.74 Å². The van der Waals surface area contributed by atoms with Crippen LogP contribution in [0.2, 0.25) is 5.02 Å². The van der Waals surface area contributed by atoms with Crippen LogP contribution in [0.3, 0.4) is 0 Å². The third-order valence-corrected chi connectivity index (χ3v) is 4.51. The predicted molar refractivity (Wildman–Crippen MR) is 103 cm³/mol. The van der Waals surface area contributed by atoms with Crippen molar-refractivity contribution in [3.05, 3.63) is 64.0 Å². The van der Waals surface area contributed by atoms with Crippen LogP contribution >= 0.6 is 11.6 Å². The van der Waals surface area contributed by atoms with Gasteiger partial charge >= 0.3 is 5.63 Å². The fraction of sp³-hybridized carbons (Fsp3) is 0.150. The first kappa shape index (κ1) is 16.7. The summed E-state index contributed by atoms with van der Waals surface area (Å²) in [6.07, 6.45) is 0. The summed E-state index contributed by atoms with van der Waals surface area (Å²) in [4.78, 5) is 12.7. The van der Waals surface area contributed by atoms with E-state index in [2.05, 4.69) is 5.32 Å². The lowest BCUT2D eigenvalue weighted by molar-refractivity contribution is 0.210. The average Bonchev–Trinajstić information content (AvgIpc) is 3.03. The summed E-state index contributed by atoms with van der Waals surface area (Å²) in [5.74, 6) is 0.466. The minimum atomic E-state index is -0.461. The van der Waals surface area contributed by atoms with E-state index in [4.69, 9.17) is 25.2 Å². The molecule has 5 nitrogen and oxygen atoms in total. The van der Waals surface area contributed by atoms with Gasteiger partial charge in [-0.3, -0.25) is 0 Å². The van der Waals surface area contributed by atoms with Gasteiger partial charge in [-0.05, 0) is 18.2 Å². The minimum absolute atomic E-state index is 0.372. The second-order valence-corrected chi connectivity index (χ2v) is 6.20. The summed E-state index contributed by atoms with van der Waals surface area (Å²) in [5.41, 5.74) is 1.80. The highest BCUT2D eigenvalue weighted by molar-refractivity contribution is 6.34. The highest BCUT2D eigenvalue weighted by atomic mass is 35.5. The van der Waals surface area contributed by atoms with Gasteiger partial charge in [-0.1, -0.05) is 41.9 Å². The Morgan fingerprint density at radius 1 is 1.08 bits per heavy atom. The van der Waals surface area contributed by atoms with Crippen molar-refractivity contribution in [1.29, 1.82) is 0 Å². The van der Waals surface area contributed by atoms with Gasteiger partial charge in [0.25, 0.3) is 0 Å². The monoisotopic (exact) mass is 369 g/mol. The van der Waals surface area contributed by atoms with Crippen molar-refractivity contribution in [2.24, 2.45) is 0 Å². The summed E-state index contributed by atoms with van der Waals surface area (Å²) < 4.78 is 16.7. The van der Waals surface area contributed by atoms with Gasteiger partial charge in [0.15, 0.2) is 5.58 Å². The maximum absolute atomic E-state index is 12.7. The summed E-state index contributed by atoms with van der Waals surface area (Å²) in [5, 5.41) is 4.82. The molecule has 0 fully saturated rings. The molecule has 4 rings (SSSR count). The van der Waals surface area contributed by atoms with E-state index >= 15 is 0 Å². The van der Waals surface area contributed by atoms with Crippen LogP contribution in [0.5, 0.6) is 0 Å².